The third-order valence-corrected chi connectivity index (χ3v) is 4.95. The number of esters is 1. The van der Waals surface area contributed by atoms with E-state index in [-0.39, 0.29) is 17.0 Å². The van der Waals surface area contributed by atoms with Gasteiger partial charge in [0.15, 0.2) is 11.9 Å². The van der Waals surface area contributed by atoms with Crippen LogP contribution < -0.4 is 0 Å². The number of hydrogen-bond donors (Lipinski definition) is 0. The van der Waals surface area contributed by atoms with E-state index < -0.39 is 22.4 Å². The lowest BCUT2D eigenvalue weighted by atomic mass is 9.69. The van der Waals surface area contributed by atoms with Gasteiger partial charge >= 0.3 is 5.97 Å². The number of nitro benzene ring substituents is 1. The molecule has 0 heterocycles. The molecule has 0 unspecified atom stereocenters. The van der Waals surface area contributed by atoms with E-state index in [1.54, 1.807) is 0 Å². The molecule has 1 saturated carbocycles. The predicted octanol–water partition coefficient (Wildman–Crippen LogP) is 3.83. The molecule has 0 saturated heterocycles. The largest absolute Gasteiger partial charge is 0.451 e. The van der Waals surface area contributed by atoms with Crippen LogP contribution in [0.3, 0.4) is 0 Å². The first-order valence-corrected chi connectivity index (χ1v) is 8.47. The van der Waals surface area contributed by atoms with Crippen molar-refractivity contribution in [3.05, 3.63) is 75.8 Å². The molecule has 1 aliphatic rings. The maximum absolute atomic E-state index is 13.0. The zero-order valence-electron chi connectivity index (χ0n) is 14.4. The molecule has 0 amide bonds. The molecule has 0 bridgehead atoms. The number of hydrogen-bond acceptors (Lipinski definition) is 5. The van der Waals surface area contributed by atoms with Crippen molar-refractivity contribution in [1.82, 2.24) is 0 Å². The lowest BCUT2D eigenvalue weighted by Crippen LogP contribution is -2.46. The molecular formula is C20H19NO5. The third-order valence-electron chi connectivity index (χ3n) is 4.95. The van der Waals surface area contributed by atoms with Crippen LogP contribution in [-0.4, -0.2) is 22.8 Å². The minimum absolute atomic E-state index is 0.105. The zero-order chi connectivity index (χ0) is 18.7. The van der Waals surface area contributed by atoms with Crippen molar-refractivity contribution >= 4 is 17.4 Å². The molecule has 0 aliphatic heterocycles. The molecule has 0 aromatic heterocycles. The maximum atomic E-state index is 13.0. The van der Waals surface area contributed by atoms with Crippen molar-refractivity contribution in [2.24, 2.45) is 0 Å². The number of carbonyl (C=O) groups is 2. The molecule has 0 spiro atoms. The number of ether oxygens (including phenoxy) is 1. The smallest absolute Gasteiger partial charge is 0.338 e. The maximum Gasteiger partial charge on any atom is 0.338 e. The van der Waals surface area contributed by atoms with Gasteiger partial charge in [-0.1, -0.05) is 30.3 Å². The second-order valence-corrected chi connectivity index (χ2v) is 6.65. The van der Waals surface area contributed by atoms with Crippen LogP contribution in [0.2, 0.25) is 0 Å². The summed E-state index contributed by atoms with van der Waals surface area (Å²) in [6.07, 6.45) is 1.16. The number of benzene rings is 2. The molecule has 26 heavy (non-hydrogen) atoms. The summed E-state index contributed by atoms with van der Waals surface area (Å²) in [4.78, 5) is 35.5. The number of non-ortho nitro benzene ring substituents is 1. The van der Waals surface area contributed by atoms with E-state index in [9.17, 15) is 19.7 Å². The van der Waals surface area contributed by atoms with Crippen LogP contribution in [0.25, 0.3) is 0 Å². The van der Waals surface area contributed by atoms with Crippen LogP contribution in [0.1, 0.15) is 42.1 Å². The first-order chi connectivity index (χ1) is 12.4. The lowest BCUT2D eigenvalue weighted by Gasteiger charge is -2.36. The average molecular weight is 353 g/mol. The Morgan fingerprint density at radius 2 is 1.81 bits per heavy atom. The Bertz CT molecular complexity index is 831. The van der Waals surface area contributed by atoms with Crippen molar-refractivity contribution in [3.8, 4) is 0 Å². The van der Waals surface area contributed by atoms with E-state index in [0.717, 1.165) is 12.0 Å². The second-order valence-electron chi connectivity index (χ2n) is 6.65. The third kappa shape index (κ3) is 3.35. The number of nitro groups is 1. The van der Waals surface area contributed by atoms with E-state index in [0.29, 0.717) is 12.8 Å². The minimum atomic E-state index is -0.809. The number of Topliss-reactive ketones (excluding diaryl/α,β-unsaturated/α-hetero) is 1. The first-order valence-electron chi connectivity index (χ1n) is 8.47. The fourth-order valence-corrected chi connectivity index (χ4v) is 3.37. The first kappa shape index (κ1) is 17.8. The molecule has 2 aromatic rings. The Morgan fingerprint density at radius 3 is 2.42 bits per heavy atom. The fourth-order valence-electron chi connectivity index (χ4n) is 3.37. The van der Waals surface area contributed by atoms with Gasteiger partial charge in [-0.3, -0.25) is 14.9 Å². The molecule has 6 heteroatoms. The molecule has 2 atom stereocenters. The summed E-state index contributed by atoms with van der Waals surface area (Å²) in [5.41, 5.74) is 0.323. The fraction of sp³-hybridized carbons (Fsp3) is 0.300. The van der Waals surface area contributed by atoms with Crippen LogP contribution >= 0.6 is 0 Å². The van der Waals surface area contributed by atoms with E-state index in [1.807, 2.05) is 37.3 Å². The zero-order valence-corrected chi connectivity index (χ0v) is 14.4. The van der Waals surface area contributed by atoms with Crippen LogP contribution in [0.4, 0.5) is 5.69 Å². The van der Waals surface area contributed by atoms with Crippen molar-refractivity contribution in [1.29, 1.82) is 0 Å². The Labute approximate surface area is 150 Å². The topological polar surface area (TPSA) is 86.5 Å². The van der Waals surface area contributed by atoms with Crippen molar-refractivity contribution in [2.45, 2.75) is 37.7 Å². The lowest BCUT2D eigenvalue weighted by molar-refractivity contribution is -0.384. The van der Waals surface area contributed by atoms with Crippen LogP contribution in [-0.2, 0) is 14.9 Å². The summed E-state index contributed by atoms with van der Waals surface area (Å²) >= 11 is 0. The Hall–Kier alpha value is -3.02. The quantitative estimate of drug-likeness (QED) is 0.474. The van der Waals surface area contributed by atoms with Gasteiger partial charge in [-0.05, 0) is 43.9 Å². The molecule has 1 fully saturated rings. The average Bonchev–Trinajstić information content (AvgIpc) is 2.66. The Kier molecular flexibility index (Phi) is 4.84. The van der Waals surface area contributed by atoms with Crippen LogP contribution in [0, 0.1) is 10.1 Å². The van der Waals surface area contributed by atoms with Crippen molar-refractivity contribution in [3.63, 3.8) is 0 Å². The molecule has 0 N–H and O–H groups in total. The van der Waals surface area contributed by atoms with Gasteiger partial charge in [0.2, 0.25) is 0 Å². The number of nitrogens with zero attached hydrogens (tertiary/aromatic N) is 1. The highest BCUT2D eigenvalue weighted by molar-refractivity contribution is 5.97. The molecule has 0 radical (unpaired) electrons. The summed E-state index contributed by atoms with van der Waals surface area (Å²) in [7, 11) is 0. The van der Waals surface area contributed by atoms with E-state index in [2.05, 4.69) is 0 Å². The Morgan fingerprint density at radius 1 is 1.15 bits per heavy atom. The summed E-state index contributed by atoms with van der Waals surface area (Å²) < 4.78 is 5.45. The van der Waals surface area contributed by atoms with Crippen LogP contribution in [0.5, 0.6) is 0 Å². The van der Waals surface area contributed by atoms with Gasteiger partial charge in [0.05, 0.1) is 15.9 Å². The van der Waals surface area contributed by atoms with Gasteiger partial charge in [0.1, 0.15) is 0 Å². The highest BCUT2D eigenvalue weighted by Gasteiger charge is 2.44. The van der Waals surface area contributed by atoms with Crippen molar-refractivity contribution < 1.29 is 19.2 Å². The van der Waals surface area contributed by atoms with Gasteiger partial charge in [0.25, 0.3) is 5.69 Å². The van der Waals surface area contributed by atoms with Gasteiger partial charge in [-0.2, -0.15) is 0 Å². The summed E-state index contributed by atoms with van der Waals surface area (Å²) in [5, 5.41) is 10.7. The van der Waals surface area contributed by atoms with Crippen LogP contribution in [0.15, 0.2) is 54.6 Å². The standard InChI is InChI=1S/C20H19NO5/c1-20(15-6-3-2-4-7-15)13-5-8-17(18(20)22)26-19(23)14-9-11-16(12-10-14)21(24)25/h2-4,6-7,9-12,17H,5,8,13H2,1H3/t17-,20+/m1/s1. The van der Waals surface area contributed by atoms with Gasteiger partial charge in [-0.15, -0.1) is 0 Å². The molecular weight excluding hydrogens is 334 g/mol. The van der Waals surface area contributed by atoms with E-state index in [4.69, 9.17) is 4.74 Å². The van der Waals surface area contributed by atoms with Gasteiger partial charge in [-0.25, -0.2) is 4.79 Å². The Balaban J connectivity index is 1.76. The summed E-state index contributed by atoms with van der Waals surface area (Å²) in [5.74, 6) is -0.749. The summed E-state index contributed by atoms with van der Waals surface area (Å²) in [6, 6.07) is 14.7. The predicted molar refractivity (Wildman–Crippen MR) is 95.0 cm³/mol. The van der Waals surface area contributed by atoms with Crippen molar-refractivity contribution in [2.75, 3.05) is 0 Å². The molecule has 1 aliphatic carbocycles. The highest BCUT2D eigenvalue weighted by atomic mass is 16.6. The minimum Gasteiger partial charge on any atom is -0.451 e. The van der Waals surface area contributed by atoms with E-state index >= 15 is 0 Å². The van der Waals surface area contributed by atoms with Gasteiger partial charge < -0.3 is 4.74 Å². The number of rotatable bonds is 4. The normalized spacial score (nSPS) is 22.7. The SMILES string of the molecule is C[C@@]1(c2ccccc2)CCC[C@@H](OC(=O)c2ccc([N+](=O)[O-])cc2)C1=O. The molecule has 6 nitrogen and oxygen atoms in total. The highest BCUT2D eigenvalue weighted by Crippen LogP contribution is 2.37. The van der Waals surface area contributed by atoms with Gasteiger partial charge in [0, 0.05) is 12.1 Å². The number of carbonyl (C=O) groups excluding carboxylic acids is 2. The summed E-state index contributed by atoms with van der Waals surface area (Å²) in [6.45, 7) is 1.89. The number of ketones is 1. The molecule has 3 rings (SSSR count). The monoisotopic (exact) mass is 353 g/mol. The molecule has 134 valence electrons. The molecule has 2 aromatic carbocycles. The van der Waals surface area contributed by atoms with E-state index in [1.165, 1.54) is 24.3 Å². The second kappa shape index (κ2) is 7.07.